The lowest BCUT2D eigenvalue weighted by atomic mass is 9.98. The van der Waals surface area contributed by atoms with Gasteiger partial charge in [-0.05, 0) is 25.0 Å². The molecule has 1 N–H and O–H groups in total. The predicted molar refractivity (Wildman–Crippen MR) is 83.8 cm³/mol. The van der Waals surface area contributed by atoms with Crippen molar-refractivity contribution < 1.29 is 13.9 Å². The number of furan rings is 2. The highest BCUT2D eigenvalue weighted by molar-refractivity contribution is 6.17. The third-order valence-corrected chi connectivity index (χ3v) is 4.09. The average Bonchev–Trinajstić information content (AvgIpc) is 3.11. The average molecular weight is 280 g/mol. The number of aromatic hydroxyl groups is 1. The fraction of sp³-hybridized carbons (Fsp3) is 0.222. The monoisotopic (exact) mass is 280 g/mol. The van der Waals surface area contributed by atoms with Crippen molar-refractivity contribution >= 4 is 32.9 Å². The van der Waals surface area contributed by atoms with Crippen LogP contribution in [0.15, 0.2) is 45.4 Å². The van der Waals surface area contributed by atoms with Gasteiger partial charge in [-0.3, -0.25) is 0 Å². The molecule has 0 unspecified atom stereocenters. The van der Waals surface area contributed by atoms with Crippen molar-refractivity contribution in [2.45, 2.75) is 26.2 Å². The molecule has 0 aliphatic carbocycles. The molecule has 0 aliphatic heterocycles. The molecule has 0 aliphatic rings. The molecule has 21 heavy (non-hydrogen) atoms. The summed E-state index contributed by atoms with van der Waals surface area (Å²) in [6, 6.07) is 9.72. The van der Waals surface area contributed by atoms with Crippen molar-refractivity contribution in [2.75, 3.05) is 0 Å². The van der Waals surface area contributed by atoms with Gasteiger partial charge in [-0.15, -0.1) is 0 Å². The summed E-state index contributed by atoms with van der Waals surface area (Å²) in [4.78, 5) is 0. The fourth-order valence-electron chi connectivity index (χ4n) is 3.05. The van der Waals surface area contributed by atoms with Crippen LogP contribution in [0.3, 0.4) is 0 Å². The van der Waals surface area contributed by atoms with Crippen molar-refractivity contribution in [1.29, 1.82) is 0 Å². The second kappa shape index (κ2) is 4.55. The maximum absolute atomic E-state index is 10.6. The minimum absolute atomic E-state index is 0.325. The zero-order valence-electron chi connectivity index (χ0n) is 11.8. The molecule has 3 nitrogen and oxygen atoms in total. The zero-order valence-corrected chi connectivity index (χ0v) is 11.8. The number of para-hydroxylation sites is 1. The van der Waals surface area contributed by atoms with Crippen LogP contribution >= 0.6 is 0 Å². The van der Waals surface area contributed by atoms with Crippen LogP contribution in [0.5, 0.6) is 5.75 Å². The summed E-state index contributed by atoms with van der Waals surface area (Å²) in [6.45, 7) is 2.15. The number of unbranched alkanes of at least 4 members (excludes halogenated alkanes) is 1. The molecule has 0 amide bonds. The Bertz CT molecular complexity index is 943. The summed E-state index contributed by atoms with van der Waals surface area (Å²) in [5.41, 5.74) is 3.15. The minimum atomic E-state index is 0.325. The summed E-state index contributed by atoms with van der Waals surface area (Å²) in [5, 5.41) is 13.4. The van der Waals surface area contributed by atoms with Crippen molar-refractivity contribution in [3.05, 3.63) is 42.2 Å². The Morgan fingerprint density at radius 2 is 1.90 bits per heavy atom. The molecule has 0 fully saturated rings. The van der Waals surface area contributed by atoms with E-state index in [0.29, 0.717) is 11.3 Å². The highest BCUT2D eigenvalue weighted by atomic mass is 16.4. The fourth-order valence-corrected chi connectivity index (χ4v) is 3.05. The van der Waals surface area contributed by atoms with Crippen LogP contribution in [-0.2, 0) is 6.42 Å². The van der Waals surface area contributed by atoms with E-state index in [1.165, 1.54) is 0 Å². The quantitative estimate of drug-likeness (QED) is 0.548. The first kappa shape index (κ1) is 12.3. The van der Waals surface area contributed by atoms with E-state index in [-0.39, 0.29) is 0 Å². The number of phenolic OH excluding ortho intramolecular Hbond substituents is 1. The molecular weight excluding hydrogens is 264 g/mol. The van der Waals surface area contributed by atoms with Gasteiger partial charge in [-0.2, -0.15) is 0 Å². The number of phenols is 1. The number of hydrogen-bond donors (Lipinski definition) is 1. The summed E-state index contributed by atoms with van der Waals surface area (Å²) < 4.78 is 11.5. The van der Waals surface area contributed by atoms with E-state index in [9.17, 15) is 5.11 Å². The van der Waals surface area contributed by atoms with Crippen LogP contribution in [0.2, 0.25) is 0 Å². The molecule has 2 aromatic carbocycles. The largest absolute Gasteiger partial charge is 0.507 e. The lowest BCUT2D eigenvalue weighted by Crippen LogP contribution is -1.88. The smallest absolute Gasteiger partial charge is 0.180 e. The van der Waals surface area contributed by atoms with Crippen LogP contribution in [0.1, 0.15) is 25.3 Å². The van der Waals surface area contributed by atoms with E-state index in [2.05, 4.69) is 6.92 Å². The van der Waals surface area contributed by atoms with Crippen molar-refractivity contribution in [3.8, 4) is 5.75 Å². The Morgan fingerprint density at radius 1 is 1.05 bits per heavy atom. The van der Waals surface area contributed by atoms with Crippen molar-refractivity contribution in [1.82, 2.24) is 0 Å². The van der Waals surface area contributed by atoms with E-state index < -0.39 is 0 Å². The van der Waals surface area contributed by atoms with Crippen molar-refractivity contribution in [2.24, 2.45) is 0 Å². The third kappa shape index (κ3) is 1.67. The molecule has 3 heteroatoms. The van der Waals surface area contributed by atoms with Gasteiger partial charge in [0.2, 0.25) is 0 Å². The maximum atomic E-state index is 10.6. The summed E-state index contributed by atoms with van der Waals surface area (Å²) in [7, 11) is 0. The lowest BCUT2D eigenvalue weighted by molar-refractivity contribution is 0.474. The summed E-state index contributed by atoms with van der Waals surface area (Å²) in [5.74, 6) is 0.325. The molecule has 4 rings (SSSR count). The van der Waals surface area contributed by atoms with Crippen molar-refractivity contribution in [3.63, 3.8) is 0 Å². The zero-order chi connectivity index (χ0) is 14.4. The number of rotatable bonds is 3. The Kier molecular flexibility index (Phi) is 2.67. The van der Waals surface area contributed by atoms with Gasteiger partial charge in [0.1, 0.15) is 11.3 Å². The SMILES string of the molecule is CCCCc1c(O)c2ccoc2c2oc3ccccc3c12. The van der Waals surface area contributed by atoms with Gasteiger partial charge >= 0.3 is 0 Å². The molecule has 0 radical (unpaired) electrons. The first-order valence-electron chi connectivity index (χ1n) is 7.33. The van der Waals surface area contributed by atoms with Crippen LogP contribution in [-0.4, -0.2) is 5.11 Å². The molecule has 0 spiro atoms. The molecule has 0 saturated carbocycles. The number of benzene rings is 2. The highest BCUT2D eigenvalue weighted by Crippen LogP contribution is 2.43. The summed E-state index contributed by atoms with van der Waals surface area (Å²) in [6.07, 6.45) is 4.55. The summed E-state index contributed by atoms with van der Waals surface area (Å²) >= 11 is 0. The molecule has 0 bridgehead atoms. The van der Waals surface area contributed by atoms with Crippen LogP contribution < -0.4 is 0 Å². The molecular formula is C18H16O3. The highest BCUT2D eigenvalue weighted by Gasteiger charge is 2.21. The Labute approximate surface area is 121 Å². The second-order valence-electron chi connectivity index (χ2n) is 5.40. The van der Waals surface area contributed by atoms with Crippen LogP contribution in [0.25, 0.3) is 32.9 Å². The maximum Gasteiger partial charge on any atom is 0.180 e. The molecule has 2 aromatic heterocycles. The minimum Gasteiger partial charge on any atom is -0.507 e. The first-order valence-corrected chi connectivity index (χ1v) is 7.33. The lowest BCUT2D eigenvalue weighted by Gasteiger charge is -2.07. The molecule has 0 saturated heterocycles. The second-order valence-corrected chi connectivity index (χ2v) is 5.40. The first-order chi connectivity index (χ1) is 10.3. The normalized spacial score (nSPS) is 11.9. The third-order valence-electron chi connectivity index (χ3n) is 4.09. The molecule has 4 aromatic rings. The predicted octanol–water partition coefficient (Wildman–Crippen LogP) is 5.38. The van der Waals surface area contributed by atoms with E-state index in [1.807, 2.05) is 24.3 Å². The van der Waals surface area contributed by atoms with Gasteiger partial charge in [-0.25, -0.2) is 0 Å². The van der Waals surface area contributed by atoms with Gasteiger partial charge in [0.25, 0.3) is 0 Å². The molecule has 0 atom stereocenters. The van der Waals surface area contributed by atoms with E-state index in [1.54, 1.807) is 12.3 Å². The Balaban J connectivity index is 2.21. The van der Waals surface area contributed by atoms with Gasteiger partial charge < -0.3 is 13.9 Å². The standard InChI is InChI=1S/C18H16O3/c1-2-3-6-12-15-11-7-4-5-8-14(11)21-18(15)17-13(16(12)19)9-10-20-17/h4-5,7-10,19H,2-3,6H2,1H3. The molecule has 2 heterocycles. The number of hydrogen-bond acceptors (Lipinski definition) is 3. The van der Waals surface area contributed by atoms with Crippen LogP contribution in [0, 0.1) is 0 Å². The van der Waals surface area contributed by atoms with Gasteiger partial charge in [-0.1, -0.05) is 31.5 Å². The van der Waals surface area contributed by atoms with Gasteiger partial charge in [0, 0.05) is 16.3 Å². The van der Waals surface area contributed by atoms with E-state index in [0.717, 1.165) is 52.2 Å². The number of aryl methyl sites for hydroxylation is 1. The number of fused-ring (bicyclic) bond motifs is 5. The van der Waals surface area contributed by atoms with E-state index >= 15 is 0 Å². The topological polar surface area (TPSA) is 46.5 Å². The Morgan fingerprint density at radius 3 is 2.76 bits per heavy atom. The van der Waals surface area contributed by atoms with Gasteiger partial charge in [0.15, 0.2) is 11.2 Å². The van der Waals surface area contributed by atoms with Gasteiger partial charge in [0.05, 0.1) is 11.6 Å². The van der Waals surface area contributed by atoms with Crippen LogP contribution in [0.4, 0.5) is 0 Å². The molecule has 106 valence electrons. The Hall–Kier alpha value is -2.42. The van der Waals surface area contributed by atoms with E-state index in [4.69, 9.17) is 8.83 Å².